The number of hydrogen-bond donors (Lipinski definition) is 0. The van der Waals surface area contributed by atoms with Crippen molar-refractivity contribution < 1.29 is 38.5 Å². The highest BCUT2D eigenvalue weighted by atomic mass is 16.3. The van der Waals surface area contributed by atoms with Crippen molar-refractivity contribution >= 4 is 196 Å². The molecule has 6 atom stereocenters. The van der Waals surface area contributed by atoms with Gasteiger partial charge < -0.3 is 61.3 Å². The van der Waals surface area contributed by atoms with Gasteiger partial charge in [0.2, 0.25) is 0 Å². The standard InChI is InChI=1S/2C23H23N3O.C22H22N4O.C21H19N3O.C20H18N4O/c2*1-14(2)25-16(4)26(19-9-7-13-24-23(19)25)21-15(3)11-12-18-17-8-5-6-10-20(17)27-22(18)21;1-13(2)25-15(4)26(22-21(25)23-11-12-24-22)19-14(3)9-10-17-16-7-5-6-8-18(16)27-20(17)19;1-13-10-11-16-15-7-4-5-9-18(15)25-20(16)19(13)24-14(2)23(3)21-17(24)8-6-12-22-21;1-12-8-9-15-14-6-4-5-7-16(14)25-18(15)17(12)24-13(2)23(3)19-20(24)22-11-10-21-19/h2*5-14,16H,1-4H3;5-13,15H,1-4H3;4-12,14H,1-3H3;4-11,13H,1-3H3/i1D3,14D;14D;13D;2*3D3. The molecule has 0 saturated carbocycles. The summed E-state index contributed by atoms with van der Waals surface area (Å²) in [7, 11) is 0. The lowest BCUT2D eigenvalue weighted by Crippen LogP contribution is -2.42. The number of nitrogens with zero attached hydrogens (tertiary/aromatic N) is 17. The summed E-state index contributed by atoms with van der Waals surface area (Å²) in [6, 6.07) is 68.8. The molecule has 0 spiro atoms. The molecule has 0 radical (unpaired) electrons. The quantitative estimate of drug-likeness (QED) is 0.140. The fourth-order valence-corrected chi connectivity index (χ4v) is 20.0. The molecule has 5 aliphatic rings. The van der Waals surface area contributed by atoms with Crippen LogP contribution in [0.25, 0.3) is 110 Å². The normalized spacial score (nSPS) is 19.0. The van der Waals surface area contributed by atoms with E-state index in [1.54, 1.807) is 42.1 Å². The molecule has 0 amide bonds. The number of aromatic nitrogens is 7. The summed E-state index contributed by atoms with van der Waals surface area (Å²) >= 11 is 0. The van der Waals surface area contributed by atoms with Gasteiger partial charge in [-0.25, -0.2) is 34.9 Å². The highest BCUT2D eigenvalue weighted by molar-refractivity contribution is 6.16. The van der Waals surface area contributed by atoms with E-state index in [0.717, 1.165) is 200 Å². The zero-order valence-electron chi connectivity index (χ0n) is 87.4. The summed E-state index contributed by atoms with van der Waals surface area (Å²) in [5.74, 6) is 4.12. The largest absolute Gasteiger partial charge is 0.454 e. The van der Waals surface area contributed by atoms with Crippen LogP contribution in [0.2, 0.25) is 0 Å². The van der Waals surface area contributed by atoms with E-state index in [4.69, 9.17) is 38.5 Å². The van der Waals surface area contributed by atoms with Crippen molar-refractivity contribution in [3.05, 3.63) is 290 Å². The van der Waals surface area contributed by atoms with Crippen LogP contribution in [0.5, 0.6) is 0 Å². The average Bonchev–Trinajstić information content (AvgIpc) is 1.57. The Hall–Kier alpha value is -15.2. The van der Waals surface area contributed by atoms with Crippen molar-refractivity contribution in [2.24, 2.45) is 0 Å². The fraction of sp³-hybridized carbons (Fsp3) is 0.239. The average molecular weight is 1750 g/mol. The molecule has 0 aliphatic carbocycles. The second kappa shape index (κ2) is 32.5. The number of anilines is 15. The van der Waals surface area contributed by atoms with Crippen LogP contribution in [0.1, 0.15) is 120 Å². The third-order valence-corrected chi connectivity index (χ3v) is 25.9. The molecule has 22 heteroatoms. The third-order valence-electron chi connectivity index (χ3n) is 25.9. The molecular formula is C109H105N17O5. The first-order chi connectivity index (χ1) is 68.1. The number of hydrogen-bond acceptors (Lipinski definition) is 22. The van der Waals surface area contributed by atoms with E-state index in [-0.39, 0.29) is 12.3 Å². The topological polar surface area (TPSA) is 188 Å². The monoisotopic (exact) mass is 1740 g/mol. The molecule has 6 unspecified atom stereocenters. The first-order valence-electron chi connectivity index (χ1n) is 50.1. The van der Waals surface area contributed by atoms with Gasteiger partial charge in [-0.1, -0.05) is 152 Å². The molecule has 0 N–H and O–H groups in total. The lowest BCUT2D eigenvalue weighted by atomic mass is 10.1. The van der Waals surface area contributed by atoms with Gasteiger partial charge in [0.1, 0.15) is 58.7 Å². The molecule has 10 aromatic heterocycles. The molecule has 0 saturated heterocycles. The van der Waals surface area contributed by atoms with E-state index < -0.39 is 57.4 Å². The van der Waals surface area contributed by atoms with E-state index in [1.807, 2.05) is 240 Å². The fourth-order valence-electron chi connectivity index (χ4n) is 20.0. The van der Waals surface area contributed by atoms with Crippen LogP contribution in [-0.2, 0) is 0 Å². The molecule has 5 aliphatic heterocycles. The summed E-state index contributed by atoms with van der Waals surface area (Å²) in [5, 5.41) is 10.5. The van der Waals surface area contributed by atoms with Crippen molar-refractivity contribution in [3.63, 3.8) is 0 Å². The first kappa shape index (κ1) is 69.9. The Labute approximate surface area is 777 Å². The number of fused-ring (bicyclic) bond motifs is 20. The summed E-state index contributed by atoms with van der Waals surface area (Å²) in [6.45, 7) is 21.9. The van der Waals surface area contributed by atoms with E-state index >= 15 is 0 Å². The maximum absolute atomic E-state index is 8.77. The molecule has 22 nitrogen and oxygen atoms in total. The summed E-state index contributed by atoms with van der Waals surface area (Å²) < 4.78 is 129. The van der Waals surface area contributed by atoms with Crippen molar-refractivity contribution in [1.29, 1.82) is 0 Å². The Morgan fingerprint density at radius 2 is 0.504 bits per heavy atom. The van der Waals surface area contributed by atoms with Crippen LogP contribution >= 0.6 is 0 Å². The smallest absolute Gasteiger partial charge is 0.178 e. The highest BCUT2D eigenvalue weighted by Crippen LogP contribution is 2.55. The van der Waals surface area contributed by atoms with Gasteiger partial charge in [-0.3, -0.25) is 9.80 Å². The van der Waals surface area contributed by atoms with Gasteiger partial charge in [0.25, 0.3) is 0 Å². The number of aryl methyl sites for hydroxylation is 5. The Morgan fingerprint density at radius 1 is 0.252 bits per heavy atom. The zero-order chi connectivity index (χ0) is 101. The van der Waals surface area contributed by atoms with Crippen LogP contribution in [-0.4, -0.2) is 97.7 Å². The van der Waals surface area contributed by atoms with Crippen LogP contribution in [0.4, 0.5) is 86.2 Å². The zero-order valence-corrected chi connectivity index (χ0v) is 75.4. The second-order valence-electron chi connectivity index (χ2n) is 34.3. The van der Waals surface area contributed by atoms with Gasteiger partial charge in [-0.05, 0) is 205 Å². The molecule has 131 heavy (non-hydrogen) atoms. The van der Waals surface area contributed by atoms with Crippen molar-refractivity contribution in [2.45, 2.75) is 160 Å². The van der Waals surface area contributed by atoms with Crippen LogP contribution in [0.3, 0.4) is 0 Å². The van der Waals surface area contributed by atoms with E-state index in [9.17, 15) is 0 Å². The lowest BCUT2D eigenvalue weighted by molar-refractivity contribution is 0.598. The van der Waals surface area contributed by atoms with Gasteiger partial charge in [0, 0.05) is 142 Å². The Bertz CT molecular complexity index is 7650. The molecule has 25 rings (SSSR count). The molecule has 10 aromatic carbocycles. The van der Waals surface area contributed by atoms with Crippen molar-refractivity contribution in [3.8, 4) is 0 Å². The first-order valence-corrected chi connectivity index (χ1v) is 44.1. The van der Waals surface area contributed by atoms with Gasteiger partial charge in [-0.2, -0.15) is 0 Å². The highest BCUT2D eigenvalue weighted by Gasteiger charge is 2.44. The second-order valence-corrected chi connectivity index (χ2v) is 34.3. The Kier molecular flexibility index (Phi) is 17.4. The summed E-state index contributed by atoms with van der Waals surface area (Å²) in [6.07, 6.45) is 9.96. The minimum atomic E-state index is -2.52. The Balaban J connectivity index is 0.000000106. The number of para-hydroxylation sites is 5. The molecule has 15 heterocycles. The molecule has 20 aromatic rings. The predicted molar refractivity (Wildman–Crippen MR) is 537 cm³/mol. The van der Waals surface area contributed by atoms with Crippen LogP contribution in [0, 0.1) is 34.6 Å². The number of furan rings is 5. The number of rotatable bonds is 8. The number of pyridine rings is 3. The molecular weight excluding hydrogens is 1630 g/mol. The van der Waals surface area contributed by atoms with Crippen molar-refractivity contribution in [1.82, 2.24) is 34.9 Å². The lowest BCUT2D eigenvalue weighted by Gasteiger charge is -2.33. The number of benzene rings is 10. The van der Waals surface area contributed by atoms with Gasteiger partial charge >= 0.3 is 0 Å². The Morgan fingerprint density at radius 3 is 0.847 bits per heavy atom. The van der Waals surface area contributed by atoms with E-state index in [2.05, 4.69) is 144 Å². The van der Waals surface area contributed by atoms with E-state index in [1.165, 1.54) is 22.9 Å². The minimum Gasteiger partial charge on any atom is -0.454 e. The van der Waals surface area contributed by atoms with Gasteiger partial charge in [-0.15, -0.1) is 0 Å². The maximum Gasteiger partial charge on any atom is 0.178 e. The minimum absolute atomic E-state index is 0.0603. The molecule has 656 valence electrons. The van der Waals surface area contributed by atoms with Gasteiger partial charge in [0.15, 0.2) is 68.6 Å². The SMILES string of the molecule is [2H]C(C)(C)N1c2ncccc2N(c2c(C)ccc3c2oc2ccccc23)C1C.[2H]C(C)(C)N1c2nccnc2N(c2c(C)ccc3c2oc2ccccc23)C1C.[2H]C([2H])([2H])C([2H])(C)N1c2ncccc2N(c2c(C)ccc3c2oc2ccccc23)C1C.[2H]C([2H])([2H])N1c2ncccc2N(c2c(C)ccc3c2oc2ccccc23)C1C.[2H]C([2H])([2H])N1c2nccnc2N(c2c(C)ccc3c2oc2ccccc23)C1C. The molecule has 0 fully saturated rings. The van der Waals surface area contributed by atoms with Gasteiger partial charge in [0.05, 0.1) is 49.6 Å². The summed E-state index contributed by atoms with van der Waals surface area (Å²) in [5.41, 5.74) is 20.4. The summed E-state index contributed by atoms with van der Waals surface area (Å²) in [4.78, 5) is 50.2. The van der Waals surface area contributed by atoms with E-state index in [0.29, 0.717) is 23.3 Å². The maximum atomic E-state index is 8.77. The van der Waals surface area contributed by atoms with Crippen LogP contribution in [0.15, 0.2) is 284 Å². The third kappa shape index (κ3) is 13.3. The van der Waals surface area contributed by atoms with Crippen LogP contribution < -0.4 is 49.0 Å². The predicted octanol–water partition coefficient (Wildman–Crippen LogP) is 27.2. The van der Waals surface area contributed by atoms with Crippen molar-refractivity contribution in [2.75, 3.05) is 63.0 Å². The molecule has 0 bridgehead atoms.